The molecule has 2 aliphatic rings. The van der Waals surface area contributed by atoms with Gasteiger partial charge in [0.05, 0.1) is 34.4 Å². The number of halogens is 3. The van der Waals surface area contributed by atoms with Crippen LogP contribution in [0.3, 0.4) is 0 Å². The maximum Gasteiger partial charge on any atom is 0.335 e. The monoisotopic (exact) mass is 615 g/mol. The highest BCUT2D eigenvalue weighted by atomic mass is 35.5. The molecule has 2 heterocycles. The molecule has 0 radical (unpaired) electrons. The molecule has 2 aliphatic heterocycles. The number of nitrogens with one attached hydrogen (secondary N) is 3. The maximum absolute atomic E-state index is 14.2. The van der Waals surface area contributed by atoms with Gasteiger partial charge in [0.25, 0.3) is 0 Å². The average Bonchev–Trinajstić information content (AvgIpc) is 3.43. The van der Waals surface area contributed by atoms with E-state index < -0.39 is 23.3 Å². The molecule has 1 unspecified atom stereocenters. The van der Waals surface area contributed by atoms with Crippen LogP contribution in [0.5, 0.6) is 5.75 Å². The molecule has 41 heavy (non-hydrogen) atoms. The van der Waals surface area contributed by atoms with Crippen molar-refractivity contribution in [3.63, 3.8) is 0 Å². The lowest BCUT2D eigenvalue weighted by molar-refractivity contribution is -0.118. The highest BCUT2D eigenvalue weighted by Gasteiger charge is 2.61. The van der Waals surface area contributed by atoms with Gasteiger partial charge in [-0.2, -0.15) is 0 Å². The number of carbonyl (C=O) groups excluding carboxylic acids is 1. The number of aromatic carboxylic acids is 1. The van der Waals surface area contributed by atoms with Crippen LogP contribution in [0.2, 0.25) is 15.1 Å². The Hall–Kier alpha value is -2.97. The van der Waals surface area contributed by atoms with E-state index in [1.807, 2.05) is 30.3 Å². The van der Waals surface area contributed by atoms with E-state index in [0.717, 1.165) is 23.2 Å². The zero-order valence-corrected chi connectivity index (χ0v) is 25.4. The minimum Gasteiger partial charge on any atom is -0.495 e. The van der Waals surface area contributed by atoms with Gasteiger partial charge in [0.1, 0.15) is 5.75 Å². The van der Waals surface area contributed by atoms with Crippen molar-refractivity contribution in [3.8, 4) is 5.75 Å². The molecule has 0 aromatic heterocycles. The SMILES string of the molecule is COc1cc(C(=O)O)ccc1NC(=O)[C@@H]1NC(CC(C)(C)C)[C@@]2(CNc3ccc(Cl)cc32)[C@H]1c1cccc(Cl)c1Cl. The van der Waals surface area contributed by atoms with E-state index in [0.29, 0.717) is 27.3 Å². The third kappa shape index (κ3) is 5.37. The number of rotatable bonds is 6. The number of carboxylic acids is 1. The van der Waals surface area contributed by atoms with Gasteiger partial charge in [-0.25, -0.2) is 4.79 Å². The molecular formula is C31H32Cl3N3O4. The zero-order valence-electron chi connectivity index (χ0n) is 23.1. The second-order valence-corrected chi connectivity index (χ2v) is 13.1. The number of ether oxygens (including phenoxy) is 1. The number of anilines is 2. The van der Waals surface area contributed by atoms with Gasteiger partial charge >= 0.3 is 5.97 Å². The summed E-state index contributed by atoms with van der Waals surface area (Å²) in [5.74, 6) is -1.59. The first-order valence-electron chi connectivity index (χ1n) is 13.3. The minimum atomic E-state index is -1.09. The lowest BCUT2D eigenvalue weighted by Crippen LogP contribution is -2.46. The van der Waals surface area contributed by atoms with Crippen molar-refractivity contribution in [2.75, 3.05) is 24.3 Å². The summed E-state index contributed by atoms with van der Waals surface area (Å²) >= 11 is 20.0. The van der Waals surface area contributed by atoms with Crippen molar-refractivity contribution in [1.29, 1.82) is 0 Å². The van der Waals surface area contributed by atoms with Crippen molar-refractivity contribution in [1.82, 2.24) is 5.32 Å². The Morgan fingerprint density at radius 2 is 1.85 bits per heavy atom. The van der Waals surface area contributed by atoms with Crippen LogP contribution in [-0.2, 0) is 10.2 Å². The molecule has 0 aliphatic carbocycles. The molecule has 4 atom stereocenters. The topological polar surface area (TPSA) is 99.7 Å². The van der Waals surface area contributed by atoms with Gasteiger partial charge in [-0.1, -0.05) is 67.7 Å². The van der Waals surface area contributed by atoms with Gasteiger partial charge in [-0.15, -0.1) is 0 Å². The quantitative estimate of drug-likeness (QED) is 0.233. The molecular weight excluding hydrogens is 585 g/mol. The van der Waals surface area contributed by atoms with Crippen LogP contribution in [0.15, 0.2) is 54.6 Å². The van der Waals surface area contributed by atoms with Crippen LogP contribution < -0.4 is 20.7 Å². The summed E-state index contributed by atoms with van der Waals surface area (Å²) in [6.07, 6.45) is 0.760. The Morgan fingerprint density at radius 1 is 1.10 bits per heavy atom. The second kappa shape index (κ2) is 11.0. The molecule has 7 nitrogen and oxygen atoms in total. The standard InChI is InChI=1S/C31H32Cl3N3O4/c1-30(2,3)14-24-31(15-35-21-11-9-17(32)13-19(21)31)25(18-6-5-7-20(33)26(18)34)27(37-24)28(38)36-22-10-8-16(29(39)40)12-23(22)41-4/h5-13,24-25,27,35,37H,14-15H2,1-4H3,(H,36,38)(H,39,40)/t24?,25-,27+,31-/m0/s1. The lowest BCUT2D eigenvalue weighted by atomic mass is 9.63. The first-order chi connectivity index (χ1) is 19.4. The number of hydrogen-bond donors (Lipinski definition) is 4. The second-order valence-electron chi connectivity index (χ2n) is 11.9. The van der Waals surface area contributed by atoms with Gasteiger partial charge in [0.2, 0.25) is 5.91 Å². The largest absolute Gasteiger partial charge is 0.495 e. The highest BCUT2D eigenvalue weighted by molar-refractivity contribution is 6.42. The Kier molecular flexibility index (Phi) is 7.94. The molecule has 10 heteroatoms. The normalized spacial score (nSPS) is 23.2. The van der Waals surface area contributed by atoms with Gasteiger partial charge in [0.15, 0.2) is 0 Å². The van der Waals surface area contributed by atoms with E-state index >= 15 is 0 Å². The van der Waals surface area contributed by atoms with Gasteiger partial charge < -0.3 is 25.8 Å². The Balaban J connectivity index is 1.67. The minimum absolute atomic E-state index is 0.0529. The predicted octanol–water partition coefficient (Wildman–Crippen LogP) is 7.22. The van der Waals surface area contributed by atoms with E-state index in [1.54, 1.807) is 6.07 Å². The summed E-state index contributed by atoms with van der Waals surface area (Å²) in [4.78, 5) is 25.7. The molecule has 0 saturated carbocycles. The summed E-state index contributed by atoms with van der Waals surface area (Å²) < 4.78 is 5.42. The summed E-state index contributed by atoms with van der Waals surface area (Å²) in [5.41, 5.74) is 2.48. The van der Waals surface area contributed by atoms with Crippen LogP contribution in [0.1, 0.15) is 54.6 Å². The zero-order chi connectivity index (χ0) is 29.7. The van der Waals surface area contributed by atoms with Crippen LogP contribution in [0.25, 0.3) is 0 Å². The molecule has 5 rings (SSSR count). The Morgan fingerprint density at radius 3 is 2.54 bits per heavy atom. The summed E-state index contributed by atoms with van der Waals surface area (Å²) in [5, 5.41) is 21.1. The van der Waals surface area contributed by atoms with E-state index in [-0.39, 0.29) is 28.7 Å². The number of hydrogen-bond acceptors (Lipinski definition) is 5. The van der Waals surface area contributed by atoms with Crippen molar-refractivity contribution < 1.29 is 19.4 Å². The third-order valence-electron chi connectivity index (χ3n) is 8.07. The van der Waals surface area contributed by atoms with E-state index in [1.165, 1.54) is 25.3 Å². The first-order valence-corrected chi connectivity index (χ1v) is 14.4. The molecule has 1 saturated heterocycles. The number of fused-ring (bicyclic) bond motifs is 2. The number of carbonyl (C=O) groups is 2. The molecule has 3 aromatic carbocycles. The molecule has 1 fully saturated rings. The van der Waals surface area contributed by atoms with E-state index in [4.69, 9.17) is 39.5 Å². The van der Waals surface area contributed by atoms with Crippen LogP contribution in [0.4, 0.5) is 11.4 Å². The Labute approximate surface area is 254 Å². The fourth-order valence-electron chi connectivity index (χ4n) is 6.39. The number of methoxy groups -OCH3 is 1. The maximum atomic E-state index is 14.2. The summed E-state index contributed by atoms with van der Waals surface area (Å²) in [6, 6.07) is 14.8. The molecule has 1 spiro atoms. The van der Waals surface area contributed by atoms with Crippen LogP contribution in [-0.4, -0.2) is 42.7 Å². The van der Waals surface area contributed by atoms with Crippen LogP contribution >= 0.6 is 34.8 Å². The molecule has 0 bridgehead atoms. The van der Waals surface area contributed by atoms with Gasteiger partial charge in [0, 0.05) is 34.6 Å². The smallest absolute Gasteiger partial charge is 0.335 e. The van der Waals surface area contributed by atoms with Crippen molar-refractivity contribution >= 4 is 58.1 Å². The van der Waals surface area contributed by atoms with Gasteiger partial charge in [-0.05, 0) is 65.4 Å². The van der Waals surface area contributed by atoms with Crippen molar-refractivity contribution in [3.05, 3.63) is 86.4 Å². The third-order valence-corrected chi connectivity index (χ3v) is 9.14. The average molecular weight is 617 g/mol. The van der Waals surface area contributed by atoms with Crippen molar-refractivity contribution in [2.45, 2.75) is 50.6 Å². The lowest BCUT2D eigenvalue weighted by Gasteiger charge is -2.39. The number of carboxylic acid groups (broad SMARTS) is 1. The fourth-order valence-corrected chi connectivity index (χ4v) is 6.99. The summed E-state index contributed by atoms with van der Waals surface area (Å²) in [7, 11) is 1.43. The molecule has 3 aromatic rings. The molecule has 216 valence electrons. The van der Waals surface area contributed by atoms with Crippen molar-refractivity contribution in [2.24, 2.45) is 5.41 Å². The summed E-state index contributed by atoms with van der Waals surface area (Å²) in [6.45, 7) is 7.08. The van der Waals surface area contributed by atoms with E-state index in [2.05, 4.69) is 36.7 Å². The molecule has 4 N–H and O–H groups in total. The Bertz CT molecular complexity index is 1520. The number of benzene rings is 3. The van der Waals surface area contributed by atoms with Crippen LogP contribution in [0, 0.1) is 5.41 Å². The highest BCUT2D eigenvalue weighted by Crippen LogP contribution is 2.57. The fraction of sp³-hybridized carbons (Fsp3) is 0.355. The van der Waals surface area contributed by atoms with Gasteiger partial charge in [-0.3, -0.25) is 4.79 Å². The predicted molar refractivity (Wildman–Crippen MR) is 164 cm³/mol. The van der Waals surface area contributed by atoms with E-state index in [9.17, 15) is 14.7 Å². The number of amides is 1. The molecule has 1 amide bonds. The first kappa shape index (κ1) is 29.5.